The van der Waals surface area contributed by atoms with Gasteiger partial charge < -0.3 is 10.0 Å². The smallest absolute Gasteiger partial charge is 0.117 e. The normalized spacial score (nSPS) is 15.5. The molecule has 0 amide bonds. The Labute approximate surface area is 131 Å². The lowest BCUT2D eigenvalue weighted by molar-refractivity contribution is 0.403. The summed E-state index contributed by atoms with van der Waals surface area (Å²) in [4.78, 5) is 2.26. The molecule has 2 aromatic rings. The van der Waals surface area contributed by atoms with Gasteiger partial charge in [0, 0.05) is 13.1 Å². The number of nitrogens with zero attached hydrogens (tertiary/aromatic N) is 2. The van der Waals surface area contributed by atoms with Crippen molar-refractivity contribution in [1.29, 1.82) is 5.26 Å². The average Bonchev–Trinajstić information content (AvgIpc) is 2.56. The van der Waals surface area contributed by atoms with Gasteiger partial charge in [0.1, 0.15) is 11.8 Å². The number of anilines is 1. The molecule has 0 aromatic heterocycles. The van der Waals surface area contributed by atoms with Crippen molar-refractivity contribution in [2.45, 2.75) is 19.3 Å². The molecule has 0 spiro atoms. The highest BCUT2D eigenvalue weighted by atomic mass is 16.3. The molecule has 1 aliphatic heterocycles. The Morgan fingerprint density at radius 2 is 1.82 bits per heavy atom. The van der Waals surface area contributed by atoms with E-state index < -0.39 is 0 Å². The molecule has 1 N–H and O–H groups in total. The second-order valence-corrected chi connectivity index (χ2v) is 5.93. The highest BCUT2D eigenvalue weighted by Gasteiger charge is 2.21. The number of hydrogen-bond donors (Lipinski definition) is 1. The molecule has 3 heteroatoms. The topological polar surface area (TPSA) is 47.3 Å². The number of nitriles is 1. The minimum Gasteiger partial charge on any atom is -0.508 e. The van der Waals surface area contributed by atoms with Gasteiger partial charge in [-0.3, -0.25) is 0 Å². The lowest BCUT2D eigenvalue weighted by Gasteiger charge is -2.34. The molecule has 22 heavy (non-hydrogen) atoms. The zero-order valence-corrected chi connectivity index (χ0v) is 12.6. The first kappa shape index (κ1) is 14.5. The molecule has 1 fully saturated rings. The van der Waals surface area contributed by atoms with Gasteiger partial charge in [-0.05, 0) is 48.9 Å². The fraction of sp³-hybridized carbons (Fsp3) is 0.316. The summed E-state index contributed by atoms with van der Waals surface area (Å²) < 4.78 is 0. The lowest BCUT2D eigenvalue weighted by atomic mass is 9.90. The average molecular weight is 292 g/mol. The Kier molecular flexibility index (Phi) is 4.29. The summed E-state index contributed by atoms with van der Waals surface area (Å²) in [6.07, 6.45) is 3.41. The molecule has 0 bridgehead atoms. The van der Waals surface area contributed by atoms with Crippen LogP contribution in [-0.4, -0.2) is 18.2 Å². The molecule has 0 radical (unpaired) electrons. The van der Waals surface area contributed by atoms with Crippen LogP contribution >= 0.6 is 0 Å². The third-order valence-electron chi connectivity index (χ3n) is 4.42. The van der Waals surface area contributed by atoms with Crippen LogP contribution in [0.15, 0.2) is 48.5 Å². The third kappa shape index (κ3) is 3.23. The molecule has 1 aliphatic rings. The predicted octanol–water partition coefficient (Wildman–Crippen LogP) is 3.72. The quantitative estimate of drug-likeness (QED) is 0.937. The Balaban J connectivity index is 1.64. The predicted molar refractivity (Wildman–Crippen MR) is 87.9 cm³/mol. The zero-order valence-electron chi connectivity index (χ0n) is 12.6. The van der Waals surface area contributed by atoms with Crippen molar-refractivity contribution < 1.29 is 5.11 Å². The van der Waals surface area contributed by atoms with Gasteiger partial charge in [-0.1, -0.05) is 30.3 Å². The lowest BCUT2D eigenvalue weighted by Crippen LogP contribution is -2.34. The van der Waals surface area contributed by atoms with Crippen LogP contribution in [0.5, 0.6) is 5.75 Å². The summed E-state index contributed by atoms with van der Waals surface area (Å²) in [6.45, 7) is 1.94. The maximum Gasteiger partial charge on any atom is 0.117 e. The summed E-state index contributed by atoms with van der Waals surface area (Å²) in [5.74, 6) is 0.862. The van der Waals surface area contributed by atoms with Gasteiger partial charge in [0.05, 0.1) is 11.3 Å². The summed E-state index contributed by atoms with van der Waals surface area (Å²) in [6, 6.07) is 17.9. The van der Waals surface area contributed by atoms with Crippen molar-refractivity contribution in [2.75, 3.05) is 18.0 Å². The van der Waals surface area contributed by atoms with Gasteiger partial charge in [-0.15, -0.1) is 0 Å². The Bertz CT molecular complexity index is 668. The summed E-state index contributed by atoms with van der Waals surface area (Å²) in [5.41, 5.74) is 2.91. The van der Waals surface area contributed by atoms with Crippen LogP contribution in [0.3, 0.4) is 0 Å². The molecular weight excluding hydrogens is 272 g/mol. The van der Waals surface area contributed by atoms with Gasteiger partial charge in [0.2, 0.25) is 0 Å². The van der Waals surface area contributed by atoms with Crippen molar-refractivity contribution in [1.82, 2.24) is 0 Å². The fourth-order valence-corrected chi connectivity index (χ4v) is 3.21. The fourth-order valence-electron chi connectivity index (χ4n) is 3.21. The van der Waals surface area contributed by atoms with Gasteiger partial charge >= 0.3 is 0 Å². The van der Waals surface area contributed by atoms with Crippen LogP contribution < -0.4 is 4.90 Å². The largest absolute Gasteiger partial charge is 0.508 e. The van der Waals surface area contributed by atoms with Gasteiger partial charge in [0.25, 0.3) is 0 Å². The SMILES string of the molecule is N#Cc1cc(O)ccc1N1CCC(Cc2ccccc2)CC1. The summed E-state index contributed by atoms with van der Waals surface area (Å²) >= 11 is 0. The molecule has 0 aliphatic carbocycles. The zero-order chi connectivity index (χ0) is 15.4. The number of piperidine rings is 1. The standard InChI is InChI=1S/C19H20N2O/c20-14-17-13-18(22)6-7-19(17)21-10-8-16(9-11-21)12-15-4-2-1-3-5-15/h1-7,13,16,22H,8-12H2. The van der Waals surface area contributed by atoms with E-state index in [0.29, 0.717) is 11.5 Å². The second kappa shape index (κ2) is 6.53. The van der Waals surface area contributed by atoms with Crippen molar-refractivity contribution in [3.05, 3.63) is 59.7 Å². The van der Waals surface area contributed by atoms with E-state index in [9.17, 15) is 10.4 Å². The molecule has 3 nitrogen and oxygen atoms in total. The van der Waals surface area contributed by atoms with Crippen LogP contribution in [0.2, 0.25) is 0 Å². The summed E-state index contributed by atoms with van der Waals surface area (Å²) in [7, 11) is 0. The Morgan fingerprint density at radius 1 is 1.09 bits per heavy atom. The maximum atomic E-state index is 9.50. The second-order valence-electron chi connectivity index (χ2n) is 5.93. The number of benzene rings is 2. The number of aromatic hydroxyl groups is 1. The minimum absolute atomic E-state index is 0.152. The maximum absolute atomic E-state index is 9.50. The minimum atomic E-state index is 0.152. The number of phenols is 1. The number of phenolic OH excluding ortho intramolecular Hbond substituents is 1. The first-order chi connectivity index (χ1) is 10.8. The van der Waals surface area contributed by atoms with E-state index in [0.717, 1.165) is 38.0 Å². The molecule has 0 saturated carbocycles. The van der Waals surface area contributed by atoms with Crippen LogP contribution in [0.1, 0.15) is 24.0 Å². The first-order valence-corrected chi connectivity index (χ1v) is 7.78. The molecule has 0 unspecified atom stereocenters. The van der Waals surface area contributed by atoms with E-state index in [1.165, 1.54) is 5.56 Å². The first-order valence-electron chi connectivity index (χ1n) is 7.78. The molecule has 112 valence electrons. The van der Waals surface area contributed by atoms with Crippen molar-refractivity contribution in [3.63, 3.8) is 0 Å². The van der Waals surface area contributed by atoms with Crippen LogP contribution in [0.25, 0.3) is 0 Å². The number of hydrogen-bond acceptors (Lipinski definition) is 3. The molecule has 2 aromatic carbocycles. The molecule has 1 heterocycles. The Hall–Kier alpha value is -2.47. The highest BCUT2D eigenvalue weighted by molar-refractivity contribution is 5.61. The van der Waals surface area contributed by atoms with Crippen molar-refractivity contribution in [3.8, 4) is 11.8 Å². The highest BCUT2D eigenvalue weighted by Crippen LogP contribution is 2.29. The van der Waals surface area contributed by atoms with Crippen molar-refractivity contribution in [2.24, 2.45) is 5.92 Å². The van der Waals surface area contributed by atoms with Crippen molar-refractivity contribution >= 4 is 5.69 Å². The van der Waals surface area contributed by atoms with E-state index in [1.807, 2.05) is 6.07 Å². The monoisotopic (exact) mass is 292 g/mol. The van der Waals surface area contributed by atoms with Gasteiger partial charge in [0.15, 0.2) is 0 Å². The third-order valence-corrected chi connectivity index (χ3v) is 4.42. The van der Waals surface area contributed by atoms with E-state index >= 15 is 0 Å². The van der Waals surface area contributed by atoms with Crippen LogP contribution in [-0.2, 0) is 6.42 Å². The van der Waals surface area contributed by atoms with E-state index in [4.69, 9.17) is 0 Å². The van der Waals surface area contributed by atoms with E-state index in [2.05, 4.69) is 41.3 Å². The van der Waals surface area contributed by atoms with Crippen LogP contribution in [0, 0.1) is 17.2 Å². The number of rotatable bonds is 3. The molecule has 1 saturated heterocycles. The molecular formula is C19H20N2O. The van der Waals surface area contributed by atoms with Gasteiger partial charge in [-0.25, -0.2) is 0 Å². The molecule has 3 rings (SSSR count). The molecule has 0 atom stereocenters. The van der Waals surface area contributed by atoms with E-state index in [-0.39, 0.29) is 5.75 Å². The van der Waals surface area contributed by atoms with Gasteiger partial charge in [-0.2, -0.15) is 5.26 Å². The van der Waals surface area contributed by atoms with Crippen LogP contribution in [0.4, 0.5) is 5.69 Å². The summed E-state index contributed by atoms with van der Waals surface area (Å²) in [5, 5.41) is 18.7. The Morgan fingerprint density at radius 3 is 2.50 bits per heavy atom. The van der Waals surface area contributed by atoms with E-state index in [1.54, 1.807) is 12.1 Å².